The molecule has 218 valence electrons. The number of rotatable bonds is 14. The summed E-state index contributed by atoms with van der Waals surface area (Å²) in [5.41, 5.74) is 1.26. The van der Waals surface area contributed by atoms with Crippen LogP contribution in [0.25, 0.3) is 0 Å². The van der Waals surface area contributed by atoms with Crippen molar-refractivity contribution in [2.75, 3.05) is 33.9 Å². The topological polar surface area (TPSA) is 118 Å². The Morgan fingerprint density at radius 2 is 1.90 bits per heavy atom. The van der Waals surface area contributed by atoms with E-state index in [1.807, 2.05) is 43.3 Å². The van der Waals surface area contributed by atoms with Crippen LogP contribution in [0.3, 0.4) is 0 Å². The highest BCUT2D eigenvalue weighted by molar-refractivity contribution is 14.1. The molecule has 0 aromatic heterocycles. The van der Waals surface area contributed by atoms with Gasteiger partial charge in [-0.05, 0) is 77.4 Å². The zero-order chi connectivity index (χ0) is 29.1. The zero-order valence-electron chi connectivity index (χ0n) is 23.3. The number of para-hydroxylation sites is 1. The summed E-state index contributed by atoms with van der Waals surface area (Å²) in [5.74, 6) is 1.46. The molecule has 0 aliphatic heterocycles. The van der Waals surface area contributed by atoms with Gasteiger partial charge < -0.3 is 34.6 Å². The fourth-order valence-corrected chi connectivity index (χ4v) is 5.25. The van der Waals surface area contributed by atoms with Gasteiger partial charge in [-0.2, -0.15) is 0 Å². The third-order valence-corrected chi connectivity index (χ3v) is 7.78. The molecule has 2 aromatic rings. The number of benzene rings is 2. The highest BCUT2D eigenvalue weighted by Crippen LogP contribution is 2.31. The van der Waals surface area contributed by atoms with E-state index in [4.69, 9.17) is 14.2 Å². The number of hydrogen-bond acceptors (Lipinski definition) is 7. The van der Waals surface area contributed by atoms with Gasteiger partial charge in [0, 0.05) is 31.5 Å². The first-order valence-corrected chi connectivity index (χ1v) is 14.6. The highest BCUT2D eigenvalue weighted by Gasteiger charge is 2.40. The highest BCUT2D eigenvalue weighted by atomic mass is 127. The summed E-state index contributed by atoms with van der Waals surface area (Å²) < 4.78 is 18.0. The first kappa shape index (κ1) is 31.7. The van der Waals surface area contributed by atoms with Gasteiger partial charge >= 0.3 is 0 Å². The van der Waals surface area contributed by atoms with Crippen LogP contribution in [-0.4, -0.2) is 79.1 Å². The van der Waals surface area contributed by atoms with E-state index in [0.29, 0.717) is 48.6 Å². The molecule has 0 unspecified atom stereocenters. The number of ether oxygens (including phenoxy) is 3. The third-order valence-electron chi connectivity index (χ3n) is 6.89. The third kappa shape index (κ3) is 8.34. The Balaban J connectivity index is 1.95. The largest absolute Gasteiger partial charge is 0.497 e. The van der Waals surface area contributed by atoms with Gasteiger partial charge in [0.15, 0.2) is 0 Å². The van der Waals surface area contributed by atoms with E-state index in [1.54, 1.807) is 31.3 Å². The number of carbonyl (C=O) groups excluding carboxylic acids is 2. The van der Waals surface area contributed by atoms with Crippen molar-refractivity contribution in [2.24, 2.45) is 0 Å². The molecule has 40 heavy (non-hydrogen) atoms. The van der Waals surface area contributed by atoms with Crippen molar-refractivity contribution in [3.8, 4) is 17.2 Å². The number of aliphatic hydroxyl groups excluding tert-OH is 2. The second-order valence-electron chi connectivity index (χ2n) is 9.56. The average molecular weight is 667 g/mol. The minimum absolute atomic E-state index is 0.0975. The molecule has 1 aliphatic rings. The van der Waals surface area contributed by atoms with Crippen molar-refractivity contribution >= 4 is 34.4 Å². The lowest BCUT2D eigenvalue weighted by Gasteiger charge is -2.40. The monoisotopic (exact) mass is 666 g/mol. The molecule has 0 saturated heterocycles. The SMILES string of the molecule is CCCCC(=O)N(CCc1cc(OC)ccc1OC)[C@@H]1CC(C(=O)NCCO)=C[C@H](Oc2ccccc2I)[C@H]1O. The molecule has 0 bridgehead atoms. The van der Waals surface area contributed by atoms with Gasteiger partial charge in [-0.25, -0.2) is 0 Å². The Labute approximate surface area is 249 Å². The summed E-state index contributed by atoms with van der Waals surface area (Å²) in [6.45, 7) is 2.22. The molecular formula is C30H39IN2O7. The average Bonchev–Trinajstić information content (AvgIpc) is 2.97. The number of amides is 2. The minimum Gasteiger partial charge on any atom is -0.497 e. The summed E-state index contributed by atoms with van der Waals surface area (Å²) in [6.07, 6.45) is 2.17. The summed E-state index contributed by atoms with van der Waals surface area (Å²) in [4.78, 5) is 28.3. The molecular weight excluding hydrogens is 627 g/mol. The second-order valence-corrected chi connectivity index (χ2v) is 10.7. The Morgan fingerprint density at radius 1 is 1.12 bits per heavy atom. The van der Waals surface area contributed by atoms with Crippen LogP contribution in [0.1, 0.15) is 38.2 Å². The number of nitrogens with zero attached hydrogens (tertiary/aromatic N) is 1. The van der Waals surface area contributed by atoms with Crippen LogP contribution in [-0.2, 0) is 16.0 Å². The quantitative estimate of drug-likeness (QED) is 0.265. The molecule has 0 spiro atoms. The van der Waals surface area contributed by atoms with E-state index in [1.165, 1.54) is 0 Å². The van der Waals surface area contributed by atoms with E-state index in [9.17, 15) is 19.8 Å². The van der Waals surface area contributed by atoms with Crippen molar-refractivity contribution in [1.82, 2.24) is 10.2 Å². The van der Waals surface area contributed by atoms with E-state index in [2.05, 4.69) is 27.9 Å². The molecule has 0 heterocycles. The molecule has 0 saturated carbocycles. The fraction of sp³-hybridized carbons (Fsp3) is 0.467. The van der Waals surface area contributed by atoms with Gasteiger partial charge in [0.25, 0.3) is 0 Å². The van der Waals surface area contributed by atoms with Crippen LogP contribution in [0.15, 0.2) is 54.1 Å². The van der Waals surface area contributed by atoms with Crippen molar-refractivity contribution < 1.29 is 34.0 Å². The van der Waals surface area contributed by atoms with Crippen molar-refractivity contribution in [1.29, 1.82) is 0 Å². The van der Waals surface area contributed by atoms with Gasteiger partial charge in [-0.3, -0.25) is 9.59 Å². The summed E-state index contributed by atoms with van der Waals surface area (Å²) in [6, 6.07) is 12.2. The normalized spacial score (nSPS) is 18.4. The summed E-state index contributed by atoms with van der Waals surface area (Å²) in [5, 5.41) is 23.5. The lowest BCUT2D eigenvalue weighted by atomic mass is 9.87. The lowest BCUT2D eigenvalue weighted by molar-refractivity contribution is -0.138. The van der Waals surface area contributed by atoms with Crippen molar-refractivity contribution in [3.63, 3.8) is 0 Å². The van der Waals surface area contributed by atoms with Crippen LogP contribution in [0.2, 0.25) is 0 Å². The number of unbranched alkanes of at least 4 members (excludes halogenated alkanes) is 1. The van der Waals surface area contributed by atoms with E-state index >= 15 is 0 Å². The van der Waals surface area contributed by atoms with Gasteiger partial charge in [0.2, 0.25) is 11.8 Å². The van der Waals surface area contributed by atoms with Gasteiger partial charge in [-0.1, -0.05) is 25.5 Å². The molecule has 10 heteroatoms. The van der Waals surface area contributed by atoms with Crippen LogP contribution in [0, 0.1) is 3.57 Å². The zero-order valence-corrected chi connectivity index (χ0v) is 25.4. The fourth-order valence-electron chi connectivity index (χ4n) is 4.73. The lowest BCUT2D eigenvalue weighted by Crippen LogP contribution is -2.55. The Hall–Kier alpha value is -2.83. The van der Waals surface area contributed by atoms with Crippen LogP contribution in [0.4, 0.5) is 0 Å². The maximum Gasteiger partial charge on any atom is 0.247 e. The number of methoxy groups -OCH3 is 2. The maximum absolute atomic E-state index is 13.6. The summed E-state index contributed by atoms with van der Waals surface area (Å²) >= 11 is 2.16. The minimum atomic E-state index is -1.08. The Bertz CT molecular complexity index is 1170. The number of aliphatic hydroxyl groups is 2. The second kappa shape index (κ2) is 15.8. The van der Waals surface area contributed by atoms with E-state index in [0.717, 1.165) is 15.6 Å². The molecule has 3 atom stereocenters. The molecule has 0 fully saturated rings. The predicted molar refractivity (Wildman–Crippen MR) is 161 cm³/mol. The van der Waals surface area contributed by atoms with Crippen LogP contribution < -0.4 is 19.5 Å². The maximum atomic E-state index is 13.6. The van der Waals surface area contributed by atoms with E-state index < -0.39 is 18.2 Å². The van der Waals surface area contributed by atoms with Gasteiger partial charge in [0.05, 0.1) is 30.4 Å². The van der Waals surface area contributed by atoms with Crippen molar-refractivity contribution in [3.05, 3.63) is 63.2 Å². The Morgan fingerprint density at radius 3 is 2.58 bits per heavy atom. The molecule has 0 radical (unpaired) electrons. The number of halogens is 1. The molecule has 1 aliphatic carbocycles. The first-order valence-electron chi connectivity index (χ1n) is 13.5. The van der Waals surface area contributed by atoms with Crippen LogP contribution >= 0.6 is 22.6 Å². The molecule has 2 amide bonds. The molecule has 3 N–H and O–H groups in total. The van der Waals surface area contributed by atoms with E-state index in [-0.39, 0.29) is 31.4 Å². The first-order chi connectivity index (χ1) is 19.3. The standard InChI is InChI=1S/C30H39IN2O7/c1-4-5-10-28(35)33(15-13-20-17-22(38-2)11-12-25(20)39-3)24-18-21(30(37)32-14-16-34)19-27(29(24)36)40-26-9-7-6-8-23(26)31/h6-9,11-12,17,19,24,27,29,34,36H,4-5,10,13-16,18H2,1-3H3,(H,32,37)/t24-,27+,29+/m1/s1. The van der Waals surface area contributed by atoms with Gasteiger partial charge in [-0.15, -0.1) is 0 Å². The van der Waals surface area contributed by atoms with Crippen LogP contribution in [0.5, 0.6) is 17.2 Å². The molecule has 3 rings (SSSR count). The Kier molecular flexibility index (Phi) is 12.5. The number of carbonyl (C=O) groups is 2. The summed E-state index contributed by atoms with van der Waals surface area (Å²) in [7, 11) is 3.18. The number of nitrogens with one attached hydrogen (secondary N) is 1. The molecule has 9 nitrogen and oxygen atoms in total. The van der Waals surface area contributed by atoms with Gasteiger partial charge in [0.1, 0.15) is 29.5 Å². The molecule has 2 aromatic carbocycles. The smallest absolute Gasteiger partial charge is 0.247 e. The number of hydrogen-bond donors (Lipinski definition) is 3. The predicted octanol–water partition coefficient (Wildman–Crippen LogP) is 3.49. The van der Waals surface area contributed by atoms with Crippen molar-refractivity contribution in [2.45, 2.75) is 57.3 Å².